The van der Waals surface area contributed by atoms with Gasteiger partial charge in [-0.05, 0) is 31.2 Å². The molecule has 0 aliphatic heterocycles. The number of hydrogen-bond acceptors (Lipinski definition) is 5. The van der Waals surface area contributed by atoms with Gasteiger partial charge in [0.1, 0.15) is 5.82 Å². The fraction of sp³-hybridized carbons (Fsp3) is 0.125. The van der Waals surface area contributed by atoms with Gasteiger partial charge in [0.25, 0.3) is 5.91 Å². The predicted octanol–water partition coefficient (Wildman–Crippen LogP) is 2.45. The van der Waals surface area contributed by atoms with Crippen molar-refractivity contribution in [3.63, 3.8) is 0 Å². The molecule has 2 amide bonds. The number of hydrazone groups is 1. The van der Waals surface area contributed by atoms with Gasteiger partial charge in [-0.3, -0.25) is 9.59 Å². The van der Waals surface area contributed by atoms with Crippen LogP contribution >= 0.6 is 11.6 Å². The summed E-state index contributed by atoms with van der Waals surface area (Å²) in [5.41, 5.74) is 9.20. The first-order valence-corrected chi connectivity index (χ1v) is 7.43. The Hall–Kier alpha value is -2.93. The molecule has 7 nitrogen and oxygen atoms in total. The van der Waals surface area contributed by atoms with Crippen LogP contribution in [0.15, 0.2) is 47.7 Å². The zero-order valence-electron chi connectivity index (χ0n) is 12.9. The molecule has 0 radical (unpaired) electrons. The molecule has 4 N–H and O–H groups in total. The zero-order chi connectivity index (χ0) is 17.5. The van der Waals surface area contributed by atoms with Crippen molar-refractivity contribution in [1.82, 2.24) is 10.4 Å². The van der Waals surface area contributed by atoms with Crippen LogP contribution in [-0.4, -0.2) is 22.5 Å². The SMILES string of the molecule is C/C(CC(=O)Nc1ccc(Cl)cn1)=N/NC(=O)c1ccccc1N. The van der Waals surface area contributed by atoms with Crippen molar-refractivity contribution in [1.29, 1.82) is 0 Å². The van der Waals surface area contributed by atoms with Crippen molar-refractivity contribution >= 4 is 40.6 Å². The summed E-state index contributed by atoms with van der Waals surface area (Å²) in [6.07, 6.45) is 1.44. The molecule has 0 fully saturated rings. The second kappa shape index (κ2) is 8.07. The molecule has 0 saturated heterocycles. The first-order chi connectivity index (χ1) is 11.5. The normalized spacial score (nSPS) is 11.0. The Morgan fingerprint density at radius 1 is 1.25 bits per heavy atom. The third-order valence-corrected chi connectivity index (χ3v) is 3.19. The molecule has 0 spiro atoms. The van der Waals surface area contributed by atoms with E-state index in [0.717, 1.165) is 0 Å². The lowest BCUT2D eigenvalue weighted by Crippen LogP contribution is -2.22. The van der Waals surface area contributed by atoms with Crippen LogP contribution in [0.3, 0.4) is 0 Å². The topological polar surface area (TPSA) is 109 Å². The summed E-state index contributed by atoms with van der Waals surface area (Å²) in [4.78, 5) is 27.8. The maximum absolute atomic E-state index is 12.0. The van der Waals surface area contributed by atoms with Gasteiger partial charge in [0.2, 0.25) is 5.91 Å². The van der Waals surface area contributed by atoms with Gasteiger partial charge in [0, 0.05) is 17.6 Å². The summed E-state index contributed by atoms with van der Waals surface area (Å²) >= 11 is 5.72. The number of carbonyl (C=O) groups excluding carboxylic acids is 2. The monoisotopic (exact) mass is 345 g/mol. The lowest BCUT2D eigenvalue weighted by atomic mass is 10.2. The van der Waals surface area contributed by atoms with Crippen molar-refractivity contribution in [3.05, 3.63) is 53.2 Å². The number of anilines is 2. The number of hydrogen-bond donors (Lipinski definition) is 3. The Morgan fingerprint density at radius 2 is 2.00 bits per heavy atom. The molecule has 24 heavy (non-hydrogen) atoms. The fourth-order valence-corrected chi connectivity index (χ4v) is 1.93. The van der Waals surface area contributed by atoms with E-state index in [9.17, 15) is 9.59 Å². The number of benzene rings is 1. The van der Waals surface area contributed by atoms with E-state index >= 15 is 0 Å². The third kappa shape index (κ3) is 5.06. The average Bonchev–Trinajstić information content (AvgIpc) is 2.55. The number of halogens is 1. The molecule has 124 valence electrons. The number of nitrogen functional groups attached to an aromatic ring is 1. The quantitative estimate of drug-likeness (QED) is 0.439. The highest BCUT2D eigenvalue weighted by atomic mass is 35.5. The Morgan fingerprint density at radius 3 is 2.67 bits per heavy atom. The van der Waals surface area contributed by atoms with E-state index in [2.05, 4.69) is 20.8 Å². The number of nitrogens with one attached hydrogen (secondary N) is 2. The van der Waals surface area contributed by atoms with Gasteiger partial charge in [-0.2, -0.15) is 5.10 Å². The minimum Gasteiger partial charge on any atom is -0.398 e. The summed E-state index contributed by atoms with van der Waals surface area (Å²) in [5, 5.41) is 6.98. The maximum atomic E-state index is 12.0. The number of nitrogens with zero attached hydrogens (tertiary/aromatic N) is 2. The van der Waals surface area contributed by atoms with Gasteiger partial charge in [-0.15, -0.1) is 0 Å². The number of pyridine rings is 1. The number of aromatic nitrogens is 1. The van der Waals surface area contributed by atoms with Gasteiger partial charge >= 0.3 is 0 Å². The van der Waals surface area contributed by atoms with Crippen LogP contribution in [0.4, 0.5) is 11.5 Å². The van der Waals surface area contributed by atoms with E-state index in [0.29, 0.717) is 27.8 Å². The lowest BCUT2D eigenvalue weighted by Gasteiger charge is -2.06. The van der Waals surface area contributed by atoms with Crippen LogP contribution in [0, 0.1) is 0 Å². The molecule has 0 saturated carbocycles. The Bertz CT molecular complexity index is 774. The van der Waals surface area contributed by atoms with Gasteiger partial charge in [0.15, 0.2) is 0 Å². The molecule has 2 aromatic rings. The molecule has 2 rings (SSSR count). The maximum Gasteiger partial charge on any atom is 0.273 e. The number of carbonyl (C=O) groups is 2. The minimum atomic E-state index is -0.438. The van der Waals surface area contributed by atoms with Crippen LogP contribution in [-0.2, 0) is 4.79 Å². The highest BCUT2D eigenvalue weighted by Crippen LogP contribution is 2.11. The highest BCUT2D eigenvalue weighted by molar-refractivity contribution is 6.30. The van der Waals surface area contributed by atoms with E-state index in [1.165, 1.54) is 6.20 Å². The smallest absolute Gasteiger partial charge is 0.273 e. The highest BCUT2D eigenvalue weighted by Gasteiger charge is 2.09. The molecular formula is C16H16ClN5O2. The summed E-state index contributed by atoms with van der Waals surface area (Å²) < 4.78 is 0. The average molecular weight is 346 g/mol. The van der Waals surface area contributed by atoms with Crippen molar-refractivity contribution < 1.29 is 9.59 Å². The van der Waals surface area contributed by atoms with Gasteiger partial charge in [-0.1, -0.05) is 23.7 Å². The first kappa shape index (κ1) is 17.4. The Kier molecular flexibility index (Phi) is 5.86. The molecule has 1 heterocycles. The summed E-state index contributed by atoms with van der Waals surface area (Å²) in [5.74, 6) is -0.356. The summed E-state index contributed by atoms with van der Waals surface area (Å²) in [6.45, 7) is 1.63. The fourth-order valence-electron chi connectivity index (χ4n) is 1.82. The van der Waals surface area contributed by atoms with Crippen LogP contribution < -0.4 is 16.5 Å². The molecule has 0 aliphatic rings. The summed E-state index contributed by atoms with van der Waals surface area (Å²) in [6, 6.07) is 9.86. The second-order valence-electron chi connectivity index (χ2n) is 4.96. The van der Waals surface area contributed by atoms with Crippen molar-refractivity contribution in [3.8, 4) is 0 Å². The van der Waals surface area contributed by atoms with E-state index in [-0.39, 0.29) is 12.3 Å². The van der Waals surface area contributed by atoms with Crippen molar-refractivity contribution in [2.24, 2.45) is 5.10 Å². The van der Waals surface area contributed by atoms with Gasteiger partial charge in [-0.25, -0.2) is 10.4 Å². The first-order valence-electron chi connectivity index (χ1n) is 7.05. The number of rotatable bonds is 5. The van der Waals surface area contributed by atoms with Crippen molar-refractivity contribution in [2.45, 2.75) is 13.3 Å². The van der Waals surface area contributed by atoms with E-state index in [1.807, 2.05) is 0 Å². The van der Waals surface area contributed by atoms with E-state index < -0.39 is 5.91 Å². The minimum absolute atomic E-state index is 0.00879. The zero-order valence-corrected chi connectivity index (χ0v) is 13.7. The molecule has 8 heteroatoms. The molecule has 0 unspecified atom stereocenters. The molecule has 1 aromatic heterocycles. The number of para-hydroxylation sites is 1. The largest absolute Gasteiger partial charge is 0.398 e. The predicted molar refractivity (Wildman–Crippen MR) is 93.9 cm³/mol. The molecular weight excluding hydrogens is 330 g/mol. The van der Waals surface area contributed by atoms with Crippen LogP contribution in [0.25, 0.3) is 0 Å². The molecule has 0 bridgehead atoms. The Labute approximate surface area is 143 Å². The molecule has 1 aromatic carbocycles. The van der Waals surface area contributed by atoms with E-state index in [1.54, 1.807) is 43.3 Å². The lowest BCUT2D eigenvalue weighted by molar-refractivity contribution is -0.115. The van der Waals surface area contributed by atoms with Gasteiger partial charge < -0.3 is 11.1 Å². The standard InChI is InChI=1S/C16H16ClN5O2/c1-10(8-15(23)20-14-7-6-11(17)9-19-14)21-22-16(24)12-4-2-3-5-13(12)18/h2-7,9H,8,18H2,1H3,(H,22,24)(H,19,20,23)/b21-10-. The second-order valence-corrected chi connectivity index (χ2v) is 5.40. The van der Waals surface area contributed by atoms with Crippen LogP contribution in [0.2, 0.25) is 5.02 Å². The molecule has 0 aliphatic carbocycles. The van der Waals surface area contributed by atoms with Gasteiger partial charge in [0.05, 0.1) is 17.0 Å². The Balaban J connectivity index is 1.89. The van der Waals surface area contributed by atoms with E-state index in [4.69, 9.17) is 17.3 Å². The third-order valence-electron chi connectivity index (χ3n) is 2.96. The van der Waals surface area contributed by atoms with Crippen LogP contribution in [0.1, 0.15) is 23.7 Å². The van der Waals surface area contributed by atoms with Crippen LogP contribution in [0.5, 0.6) is 0 Å². The number of amides is 2. The summed E-state index contributed by atoms with van der Waals surface area (Å²) in [7, 11) is 0. The van der Waals surface area contributed by atoms with Crippen molar-refractivity contribution in [2.75, 3.05) is 11.1 Å². The molecule has 0 atom stereocenters. The number of nitrogens with two attached hydrogens (primary N) is 1.